The molecule has 0 heterocycles. The molecule has 16 heavy (non-hydrogen) atoms. The lowest BCUT2D eigenvalue weighted by molar-refractivity contribution is -0.120. The fraction of sp³-hybridized carbons (Fsp3) is 0.833. The van der Waals surface area contributed by atoms with Gasteiger partial charge in [0.25, 0.3) is 0 Å². The maximum absolute atomic E-state index is 11.6. The maximum Gasteiger partial charge on any atom is 0.410 e. The van der Waals surface area contributed by atoms with Crippen molar-refractivity contribution in [1.82, 2.24) is 4.90 Å². The third-order valence-corrected chi connectivity index (χ3v) is 2.22. The Morgan fingerprint density at radius 2 is 1.56 bits per heavy atom. The van der Waals surface area contributed by atoms with E-state index in [-0.39, 0.29) is 18.5 Å². The van der Waals surface area contributed by atoms with E-state index in [4.69, 9.17) is 4.74 Å². The summed E-state index contributed by atoms with van der Waals surface area (Å²) in [7, 11) is 0. The quantitative estimate of drug-likeness (QED) is 0.642. The first-order chi connectivity index (χ1) is 7.61. The second-order valence-corrected chi connectivity index (χ2v) is 3.95. The van der Waals surface area contributed by atoms with E-state index in [0.717, 1.165) is 25.7 Å². The minimum absolute atomic E-state index is 0.117. The minimum Gasteiger partial charge on any atom is -0.441 e. The first-order valence-electron chi connectivity index (χ1n) is 6.02. The molecule has 94 valence electrons. The summed E-state index contributed by atoms with van der Waals surface area (Å²) < 4.78 is 4.90. The standard InChI is InChI=1S/C12H23NO3/c1-4-6-8-13(9-7-5-2)12(15)16-10-11(3)14/h4-10H2,1-3H3. The predicted octanol–water partition coefficient (Wildman–Crippen LogP) is 2.61. The first kappa shape index (κ1) is 14.9. The molecule has 0 bridgehead atoms. The van der Waals surface area contributed by atoms with Crippen molar-refractivity contribution in [2.24, 2.45) is 0 Å². The molecule has 0 unspecified atom stereocenters. The molecular weight excluding hydrogens is 206 g/mol. The molecule has 0 aromatic carbocycles. The number of rotatable bonds is 8. The van der Waals surface area contributed by atoms with Crippen LogP contribution in [0.1, 0.15) is 46.5 Å². The summed E-state index contributed by atoms with van der Waals surface area (Å²) in [6.45, 7) is 6.89. The molecule has 0 saturated heterocycles. The number of carbonyl (C=O) groups excluding carboxylic acids is 2. The van der Waals surface area contributed by atoms with Crippen molar-refractivity contribution < 1.29 is 14.3 Å². The third kappa shape index (κ3) is 7.26. The number of hydrogen-bond donors (Lipinski definition) is 0. The molecule has 0 N–H and O–H groups in total. The van der Waals surface area contributed by atoms with Crippen LogP contribution in [0.2, 0.25) is 0 Å². The largest absolute Gasteiger partial charge is 0.441 e. The zero-order valence-corrected chi connectivity index (χ0v) is 10.6. The average molecular weight is 229 g/mol. The van der Waals surface area contributed by atoms with Gasteiger partial charge in [-0.25, -0.2) is 4.79 Å². The molecule has 0 atom stereocenters. The zero-order valence-electron chi connectivity index (χ0n) is 10.6. The van der Waals surface area contributed by atoms with Crippen molar-refractivity contribution >= 4 is 11.9 Å². The summed E-state index contributed by atoms with van der Waals surface area (Å²) in [5.41, 5.74) is 0. The molecule has 0 aliphatic carbocycles. The van der Waals surface area contributed by atoms with Crippen LogP contribution in [0.3, 0.4) is 0 Å². The van der Waals surface area contributed by atoms with Crippen LogP contribution in [0.15, 0.2) is 0 Å². The summed E-state index contributed by atoms with van der Waals surface area (Å²) in [5.74, 6) is -0.126. The Balaban J connectivity index is 4.03. The number of ether oxygens (including phenoxy) is 1. The third-order valence-electron chi connectivity index (χ3n) is 2.22. The van der Waals surface area contributed by atoms with E-state index >= 15 is 0 Å². The lowest BCUT2D eigenvalue weighted by Crippen LogP contribution is -2.34. The van der Waals surface area contributed by atoms with Gasteiger partial charge in [-0.2, -0.15) is 0 Å². The van der Waals surface area contributed by atoms with Crippen LogP contribution >= 0.6 is 0 Å². The van der Waals surface area contributed by atoms with E-state index in [9.17, 15) is 9.59 Å². The van der Waals surface area contributed by atoms with E-state index in [1.165, 1.54) is 6.92 Å². The van der Waals surface area contributed by atoms with Gasteiger partial charge in [0.2, 0.25) is 0 Å². The smallest absolute Gasteiger partial charge is 0.410 e. The van der Waals surface area contributed by atoms with Crippen LogP contribution in [-0.4, -0.2) is 36.5 Å². The molecular formula is C12H23NO3. The monoisotopic (exact) mass is 229 g/mol. The Bertz CT molecular complexity index is 208. The fourth-order valence-electron chi connectivity index (χ4n) is 1.25. The Hall–Kier alpha value is -1.06. The van der Waals surface area contributed by atoms with E-state index < -0.39 is 0 Å². The summed E-state index contributed by atoms with van der Waals surface area (Å²) in [6, 6.07) is 0. The molecule has 4 heteroatoms. The van der Waals surface area contributed by atoms with Crippen molar-refractivity contribution in [2.45, 2.75) is 46.5 Å². The summed E-state index contributed by atoms with van der Waals surface area (Å²) >= 11 is 0. The normalized spacial score (nSPS) is 9.94. The molecule has 0 saturated carbocycles. The molecule has 0 rings (SSSR count). The number of carbonyl (C=O) groups is 2. The van der Waals surface area contributed by atoms with Gasteiger partial charge in [-0.15, -0.1) is 0 Å². The number of unbranched alkanes of at least 4 members (excludes halogenated alkanes) is 2. The van der Waals surface area contributed by atoms with Crippen LogP contribution in [0, 0.1) is 0 Å². The number of amides is 1. The van der Waals surface area contributed by atoms with Crippen LogP contribution in [-0.2, 0) is 9.53 Å². The van der Waals surface area contributed by atoms with Gasteiger partial charge < -0.3 is 9.64 Å². The molecule has 0 aromatic rings. The van der Waals surface area contributed by atoms with Crippen molar-refractivity contribution in [2.75, 3.05) is 19.7 Å². The van der Waals surface area contributed by atoms with Gasteiger partial charge in [-0.3, -0.25) is 4.79 Å². The first-order valence-corrected chi connectivity index (χ1v) is 6.02. The summed E-state index contributed by atoms with van der Waals surface area (Å²) in [4.78, 5) is 24.0. The number of Topliss-reactive ketones (excluding diaryl/α,β-unsaturated/α-hetero) is 1. The summed E-state index contributed by atoms with van der Waals surface area (Å²) in [5, 5.41) is 0. The van der Waals surface area contributed by atoms with Crippen molar-refractivity contribution in [3.63, 3.8) is 0 Å². The number of nitrogens with zero attached hydrogens (tertiary/aromatic N) is 1. The van der Waals surface area contributed by atoms with Gasteiger partial charge in [-0.1, -0.05) is 26.7 Å². The van der Waals surface area contributed by atoms with Gasteiger partial charge in [0, 0.05) is 13.1 Å². The Labute approximate surface area is 98.0 Å². The Kier molecular flexibility index (Phi) is 8.58. The molecule has 0 fully saturated rings. The van der Waals surface area contributed by atoms with E-state index in [2.05, 4.69) is 13.8 Å². The van der Waals surface area contributed by atoms with Crippen LogP contribution in [0.25, 0.3) is 0 Å². The van der Waals surface area contributed by atoms with Crippen molar-refractivity contribution in [3.8, 4) is 0 Å². The highest BCUT2D eigenvalue weighted by Crippen LogP contribution is 2.02. The SMILES string of the molecule is CCCCN(CCCC)C(=O)OCC(C)=O. The lowest BCUT2D eigenvalue weighted by Gasteiger charge is -2.21. The molecule has 0 aromatic heterocycles. The fourth-order valence-corrected chi connectivity index (χ4v) is 1.25. The topological polar surface area (TPSA) is 46.6 Å². The lowest BCUT2D eigenvalue weighted by atomic mass is 10.3. The van der Waals surface area contributed by atoms with E-state index in [1.54, 1.807) is 4.90 Å². The molecule has 0 spiro atoms. The summed E-state index contributed by atoms with van der Waals surface area (Å²) in [6.07, 6.45) is 3.67. The maximum atomic E-state index is 11.6. The van der Waals surface area contributed by atoms with Gasteiger partial charge in [0.15, 0.2) is 12.4 Å². The Morgan fingerprint density at radius 1 is 1.06 bits per heavy atom. The van der Waals surface area contributed by atoms with E-state index in [0.29, 0.717) is 13.1 Å². The highest BCUT2D eigenvalue weighted by atomic mass is 16.6. The van der Waals surface area contributed by atoms with Gasteiger partial charge >= 0.3 is 6.09 Å². The van der Waals surface area contributed by atoms with Crippen molar-refractivity contribution in [1.29, 1.82) is 0 Å². The number of hydrogen-bond acceptors (Lipinski definition) is 3. The van der Waals surface area contributed by atoms with Gasteiger partial charge in [0.1, 0.15) is 0 Å². The van der Waals surface area contributed by atoms with Crippen molar-refractivity contribution in [3.05, 3.63) is 0 Å². The van der Waals surface area contributed by atoms with Crippen LogP contribution in [0.5, 0.6) is 0 Å². The average Bonchev–Trinajstić information content (AvgIpc) is 2.26. The van der Waals surface area contributed by atoms with Crippen LogP contribution in [0.4, 0.5) is 4.79 Å². The molecule has 1 amide bonds. The zero-order chi connectivity index (χ0) is 12.4. The molecule has 0 aliphatic rings. The minimum atomic E-state index is -0.364. The molecule has 0 aliphatic heterocycles. The Morgan fingerprint density at radius 3 is 1.94 bits per heavy atom. The highest BCUT2D eigenvalue weighted by molar-refractivity contribution is 5.79. The number of ketones is 1. The van der Waals surface area contributed by atoms with Gasteiger partial charge in [-0.05, 0) is 19.8 Å². The molecule has 4 nitrogen and oxygen atoms in total. The van der Waals surface area contributed by atoms with Crippen LogP contribution < -0.4 is 0 Å². The molecule has 0 radical (unpaired) electrons. The van der Waals surface area contributed by atoms with E-state index in [1.807, 2.05) is 0 Å². The van der Waals surface area contributed by atoms with Gasteiger partial charge in [0.05, 0.1) is 0 Å². The second kappa shape index (κ2) is 9.19. The predicted molar refractivity (Wildman–Crippen MR) is 63.4 cm³/mol. The second-order valence-electron chi connectivity index (χ2n) is 3.95. The highest BCUT2D eigenvalue weighted by Gasteiger charge is 2.14.